The Bertz CT molecular complexity index is 477. The van der Waals surface area contributed by atoms with Gasteiger partial charge in [0.2, 0.25) is 0 Å². The summed E-state index contributed by atoms with van der Waals surface area (Å²) in [7, 11) is 0. The molecule has 1 aromatic rings. The lowest BCUT2D eigenvalue weighted by Crippen LogP contribution is -2.37. The number of rotatable bonds is 1. The third-order valence-corrected chi connectivity index (χ3v) is 4.09. The molecule has 4 nitrogen and oxygen atoms in total. The molecule has 2 unspecified atom stereocenters. The molecule has 2 atom stereocenters. The summed E-state index contributed by atoms with van der Waals surface area (Å²) < 4.78 is 0. The third-order valence-electron chi connectivity index (χ3n) is 3.79. The number of nitrogen functional groups attached to an aromatic ring is 1. The number of piperidine rings is 1. The van der Waals surface area contributed by atoms with E-state index in [1.807, 2.05) is 4.90 Å². The summed E-state index contributed by atoms with van der Waals surface area (Å²) >= 11 is 5.89. The van der Waals surface area contributed by atoms with Crippen molar-refractivity contribution >= 4 is 23.3 Å². The molecule has 5 heteroatoms. The number of aromatic nitrogens is 1. The fraction of sp³-hybridized carbons (Fsp3) is 0.500. The highest BCUT2D eigenvalue weighted by atomic mass is 35.5. The van der Waals surface area contributed by atoms with E-state index >= 15 is 0 Å². The van der Waals surface area contributed by atoms with Gasteiger partial charge < -0.3 is 10.6 Å². The molecular formula is C12H14ClN3O. The molecule has 1 aliphatic heterocycles. The van der Waals surface area contributed by atoms with Gasteiger partial charge in [-0.15, -0.1) is 0 Å². The number of hydrogen-bond acceptors (Lipinski definition) is 3. The van der Waals surface area contributed by atoms with E-state index in [1.54, 1.807) is 6.07 Å². The van der Waals surface area contributed by atoms with Crippen LogP contribution in [0.25, 0.3) is 0 Å². The Hall–Kier alpha value is -1.29. The molecule has 1 saturated carbocycles. The summed E-state index contributed by atoms with van der Waals surface area (Å²) in [6.45, 7) is 0.880. The maximum Gasteiger partial charge on any atom is 0.255 e. The minimum absolute atomic E-state index is 0.0339. The number of anilines is 1. The number of halogens is 1. The highest BCUT2D eigenvalue weighted by molar-refractivity contribution is 6.33. The first kappa shape index (κ1) is 10.8. The summed E-state index contributed by atoms with van der Waals surface area (Å²) in [5.74, 6) is 0.999. The first-order valence-corrected chi connectivity index (χ1v) is 6.25. The fourth-order valence-corrected chi connectivity index (χ4v) is 3.07. The Morgan fingerprint density at radius 1 is 1.53 bits per heavy atom. The maximum absolute atomic E-state index is 12.3. The molecule has 2 N–H and O–H groups in total. The first-order chi connectivity index (χ1) is 8.15. The quantitative estimate of drug-likeness (QED) is 0.830. The second-order valence-corrected chi connectivity index (χ2v) is 5.29. The Balaban J connectivity index is 1.84. The number of hydrogen-bond donors (Lipinski definition) is 1. The molecule has 1 saturated heterocycles. The van der Waals surface area contributed by atoms with Crippen LogP contribution in [0.15, 0.2) is 12.3 Å². The lowest BCUT2D eigenvalue weighted by atomic mass is 10.1. The number of fused-ring (bicyclic) bond motifs is 2. The SMILES string of the molecule is Nc1ncc(C(=O)N2CC3CCC2C3)cc1Cl. The third kappa shape index (κ3) is 1.76. The van der Waals surface area contributed by atoms with Crippen molar-refractivity contribution < 1.29 is 4.79 Å². The Morgan fingerprint density at radius 3 is 2.94 bits per heavy atom. The van der Waals surface area contributed by atoms with Crippen LogP contribution < -0.4 is 5.73 Å². The van der Waals surface area contributed by atoms with Crippen molar-refractivity contribution in [2.75, 3.05) is 12.3 Å². The zero-order chi connectivity index (χ0) is 12.0. The molecule has 90 valence electrons. The highest BCUT2D eigenvalue weighted by Gasteiger charge is 2.40. The number of carbonyl (C=O) groups is 1. The molecule has 2 fully saturated rings. The van der Waals surface area contributed by atoms with E-state index in [9.17, 15) is 4.79 Å². The standard InChI is InChI=1S/C12H14ClN3O/c13-10-4-8(5-15-11(10)14)12(17)16-6-7-1-2-9(16)3-7/h4-5,7,9H,1-3,6H2,(H2,14,15). The molecule has 17 heavy (non-hydrogen) atoms. The van der Waals surface area contributed by atoms with Crippen molar-refractivity contribution in [3.8, 4) is 0 Å². The maximum atomic E-state index is 12.3. The van der Waals surface area contributed by atoms with E-state index < -0.39 is 0 Å². The van der Waals surface area contributed by atoms with Crippen LogP contribution in [0.4, 0.5) is 5.82 Å². The molecule has 0 aromatic carbocycles. The van der Waals surface area contributed by atoms with Gasteiger partial charge in [-0.25, -0.2) is 4.98 Å². The van der Waals surface area contributed by atoms with Crippen molar-refractivity contribution in [3.05, 3.63) is 22.8 Å². The number of pyridine rings is 1. The molecule has 1 amide bonds. The molecule has 0 spiro atoms. The summed E-state index contributed by atoms with van der Waals surface area (Å²) in [6, 6.07) is 2.03. The van der Waals surface area contributed by atoms with E-state index in [2.05, 4.69) is 4.98 Å². The van der Waals surface area contributed by atoms with Crippen molar-refractivity contribution in [2.24, 2.45) is 5.92 Å². The van der Waals surface area contributed by atoms with Gasteiger partial charge in [0, 0.05) is 18.8 Å². The lowest BCUT2D eigenvalue weighted by Gasteiger charge is -2.27. The number of nitrogens with two attached hydrogens (primary N) is 1. The van der Waals surface area contributed by atoms with Crippen LogP contribution in [0.5, 0.6) is 0 Å². The van der Waals surface area contributed by atoms with Crippen LogP contribution in [0, 0.1) is 5.92 Å². The van der Waals surface area contributed by atoms with Crippen molar-refractivity contribution in [1.82, 2.24) is 9.88 Å². The van der Waals surface area contributed by atoms with Gasteiger partial charge in [-0.05, 0) is 31.2 Å². The van der Waals surface area contributed by atoms with E-state index in [0.717, 1.165) is 19.4 Å². The predicted molar refractivity (Wildman–Crippen MR) is 65.8 cm³/mol. The average Bonchev–Trinajstić information content (AvgIpc) is 2.93. The molecular weight excluding hydrogens is 238 g/mol. The Morgan fingerprint density at radius 2 is 2.35 bits per heavy atom. The predicted octanol–water partition coefficient (Wildman–Crippen LogP) is 1.94. The van der Waals surface area contributed by atoms with E-state index in [4.69, 9.17) is 17.3 Å². The van der Waals surface area contributed by atoms with Crippen molar-refractivity contribution in [1.29, 1.82) is 0 Å². The topological polar surface area (TPSA) is 59.2 Å². The van der Waals surface area contributed by atoms with Gasteiger partial charge >= 0.3 is 0 Å². The summed E-state index contributed by atoms with van der Waals surface area (Å²) in [5.41, 5.74) is 6.07. The highest BCUT2D eigenvalue weighted by Crippen LogP contribution is 2.38. The Labute approximate surface area is 105 Å². The normalized spacial score (nSPS) is 26.5. The largest absolute Gasteiger partial charge is 0.382 e. The zero-order valence-corrected chi connectivity index (χ0v) is 10.2. The monoisotopic (exact) mass is 251 g/mol. The number of likely N-dealkylation sites (tertiary alicyclic amines) is 1. The van der Waals surface area contributed by atoms with Crippen LogP contribution in [0.3, 0.4) is 0 Å². The van der Waals surface area contributed by atoms with Crippen LogP contribution in [0.2, 0.25) is 5.02 Å². The molecule has 1 aliphatic carbocycles. The van der Waals surface area contributed by atoms with Crippen LogP contribution in [-0.4, -0.2) is 28.4 Å². The van der Waals surface area contributed by atoms with Gasteiger partial charge in [-0.2, -0.15) is 0 Å². The molecule has 1 aromatic heterocycles. The molecule has 3 rings (SSSR count). The van der Waals surface area contributed by atoms with Crippen LogP contribution in [0.1, 0.15) is 29.6 Å². The van der Waals surface area contributed by atoms with Gasteiger partial charge in [-0.3, -0.25) is 4.79 Å². The molecule has 0 radical (unpaired) electrons. The van der Waals surface area contributed by atoms with E-state index in [1.165, 1.54) is 12.6 Å². The molecule has 2 aliphatic rings. The second kappa shape index (κ2) is 3.88. The van der Waals surface area contributed by atoms with E-state index in [0.29, 0.717) is 22.5 Å². The number of nitrogens with zero attached hydrogens (tertiary/aromatic N) is 2. The van der Waals surface area contributed by atoms with Crippen LogP contribution in [-0.2, 0) is 0 Å². The van der Waals surface area contributed by atoms with Crippen molar-refractivity contribution in [3.63, 3.8) is 0 Å². The zero-order valence-electron chi connectivity index (χ0n) is 9.40. The Kier molecular flexibility index (Phi) is 2.47. The minimum Gasteiger partial charge on any atom is -0.382 e. The van der Waals surface area contributed by atoms with Crippen molar-refractivity contribution in [2.45, 2.75) is 25.3 Å². The van der Waals surface area contributed by atoms with Gasteiger partial charge in [0.05, 0.1) is 10.6 Å². The smallest absolute Gasteiger partial charge is 0.255 e. The summed E-state index contributed by atoms with van der Waals surface area (Å²) in [4.78, 5) is 18.2. The van der Waals surface area contributed by atoms with Gasteiger partial charge in [0.15, 0.2) is 0 Å². The molecule has 2 heterocycles. The second-order valence-electron chi connectivity index (χ2n) is 4.88. The first-order valence-electron chi connectivity index (χ1n) is 5.87. The average molecular weight is 252 g/mol. The number of carbonyl (C=O) groups excluding carboxylic acids is 1. The minimum atomic E-state index is 0.0339. The molecule has 2 bridgehead atoms. The van der Waals surface area contributed by atoms with Crippen LogP contribution >= 0.6 is 11.6 Å². The number of amides is 1. The lowest BCUT2D eigenvalue weighted by molar-refractivity contribution is 0.0703. The summed E-state index contributed by atoms with van der Waals surface area (Å²) in [6.07, 6.45) is 5.05. The summed E-state index contributed by atoms with van der Waals surface area (Å²) in [5, 5.41) is 0.347. The van der Waals surface area contributed by atoms with Gasteiger partial charge in [0.25, 0.3) is 5.91 Å². The van der Waals surface area contributed by atoms with E-state index in [-0.39, 0.29) is 11.7 Å². The van der Waals surface area contributed by atoms with Gasteiger partial charge in [-0.1, -0.05) is 11.6 Å². The fourth-order valence-electron chi connectivity index (χ4n) is 2.90. The van der Waals surface area contributed by atoms with Gasteiger partial charge in [0.1, 0.15) is 5.82 Å².